The Morgan fingerprint density at radius 2 is 2.33 bits per heavy atom. The second-order valence-electron chi connectivity index (χ2n) is 3.49. The molecule has 0 radical (unpaired) electrons. The summed E-state index contributed by atoms with van der Waals surface area (Å²) in [5.74, 6) is 0. The number of rotatable bonds is 1. The highest BCUT2D eigenvalue weighted by molar-refractivity contribution is 5.95. The lowest BCUT2D eigenvalue weighted by molar-refractivity contribution is 0.252. The van der Waals surface area contributed by atoms with Crippen molar-refractivity contribution in [3.63, 3.8) is 0 Å². The van der Waals surface area contributed by atoms with Crippen LogP contribution in [0.3, 0.4) is 0 Å². The van der Waals surface area contributed by atoms with Crippen molar-refractivity contribution < 1.29 is 4.79 Å². The van der Waals surface area contributed by atoms with E-state index in [1.807, 2.05) is 18.2 Å². The Balaban J connectivity index is 2.06. The molecule has 1 aromatic carbocycles. The number of carbonyl (C=O) groups excluding carboxylic acids is 1. The fourth-order valence-corrected chi connectivity index (χ4v) is 1.81. The van der Waals surface area contributed by atoms with Gasteiger partial charge in [-0.1, -0.05) is 0 Å². The van der Waals surface area contributed by atoms with E-state index in [1.54, 1.807) is 11.2 Å². The van der Waals surface area contributed by atoms with Crippen LogP contribution >= 0.6 is 0 Å². The number of fused-ring (bicyclic) bond motifs is 1. The molecule has 0 spiro atoms. The van der Waals surface area contributed by atoms with E-state index in [1.165, 1.54) is 0 Å². The van der Waals surface area contributed by atoms with Crippen LogP contribution < -0.4 is 10.2 Å². The number of anilines is 1. The highest BCUT2D eigenvalue weighted by Crippen LogP contribution is 2.20. The molecule has 76 valence electrons. The number of amides is 2. The summed E-state index contributed by atoms with van der Waals surface area (Å²) in [4.78, 5) is 20.3. The minimum Gasteiger partial charge on any atom is -0.345 e. The summed E-state index contributed by atoms with van der Waals surface area (Å²) < 4.78 is 0. The maximum absolute atomic E-state index is 11.4. The first kappa shape index (κ1) is 8.28. The minimum atomic E-state index is -0.0335. The van der Waals surface area contributed by atoms with Gasteiger partial charge < -0.3 is 10.3 Å². The highest BCUT2D eigenvalue weighted by Gasteiger charge is 2.21. The van der Waals surface area contributed by atoms with E-state index in [9.17, 15) is 4.79 Å². The number of carbonyl (C=O) groups is 1. The zero-order valence-electron chi connectivity index (χ0n) is 8.03. The summed E-state index contributed by atoms with van der Waals surface area (Å²) in [5.41, 5.74) is 2.77. The van der Waals surface area contributed by atoms with Crippen LogP contribution in [0.15, 0.2) is 24.5 Å². The van der Waals surface area contributed by atoms with Crippen molar-refractivity contribution in [2.75, 3.05) is 18.0 Å². The molecular weight excluding hydrogens is 192 g/mol. The molecule has 0 aliphatic carbocycles. The van der Waals surface area contributed by atoms with Gasteiger partial charge >= 0.3 is 6.03 Å². The Morgan fingerprint density at radius 1 is 1.40 bits per heavy atom. The molecule has 1 aliphatic heterocycles. The van der Waals surface area contributed by atoms with Crippen molar-refractivity contribution in [1.82, 2.24) is 15.3 Å². The predicted octanol–water partition coefficient (Wildman–Crippen LogP) is 1.09. The zero-order chi connectivity index (χ0) is 10.3. The molecule has 0 saturated carbocycles. The predicted molar refractivity (Wildman–Crippen MR) is 56.8 cm³/mol. The summed E-state index contributed by atoms with van der Waals surface area (Å²) in [6.07, 6.45) is 1.65. The average Bonchev–Trinajstić information content (AvgIpc) is 2.84. The van der Waals surface area contributed by atoms with Crippen molar-refractivity contribution in [2.45, 2.75) is 0 Å². The molecule has 15 heavy (non-hydrogen) atoms. The summed E-state index contributed by atoms with van der Waals surface area (Å²) >= 11 is 0. The van der Waals surface area contributed by atoms with E-state index in [2.05, 4.69) is 15.3 Å². The Morgan fingerprint density at radius 3 is 3.13 bits per heavy atom. The van der Waals surface area contributed by atoms with Crippen LogP contribution in [0.5, 0.6) is 0 Å². The minimum absolute atomic E-state index is 0.0335. The lowest BCUT2D eigenvalue weighted by atomic mass is 10.2. The van der Waals surface area contributed by atoms with Gasteiger partial charge in [-0.05, 0) is 18.2 Å². The number of hydrogen-bond acceptors (Lipinski definition) is 2. The van der Waals surface area contributed by atoms with Crippen LogP contribution in [0.1, 0.15) is 0 Å². The third-order valence-corrected chi connectivity index (χ3v) is 2.57. The highest BCUT2D eigenvalue weighted by atomic mass is 16.2. The lowest BCUT2D eigenvalue weighted by Crippen LogP contribution is -2.27. The van der Waals surface area contributed by atoms with E-state index in [0.29, 0.717) is 6.54 Å². The molecule has 5 heteroatoms. The Kier molecular flexibility index (Phi) is 1.65. The molecular formula is C10H10N4O. The summed E-state index contributed by atoms with van der Waals surface area (Å²) in [5, 5.41) is 2.77. The largest absolute Gasteiger partial charge is 0.345 e. The third kappa shape index (κ3) is 1.24. The summed E-state index contributed by atoms with van der Waals surface area (Å²) in [7, 11) is 0. The number of hydrogen-bond donors (Lipinski definition) is 2. The molecule has 0 bridgehead atoms. The van der Waals surface area contributed by atoms with Crippen LogP contribution in [0.25, 0.3) is 11.0 Å². The summed E-state index contributed by atoms with van der Waals surface area (Å²) in [6, 6.07) is 5.72. The first-order valence-corrected chi connectivity index (χ1v) is 4.83. The number of nitrogens with one attached hydrogen (secondary N) is 2. The van der Waals surface area contributed by atoms with Crippen LogP contribution in [0, 0.1) is 0 Å². The van der Waals surface area contributed by atoms with Gasteiger partial charge in [0, 0.05) is 18.8 Å². The number of benzene rings is 1. The number of nitrogens with zero attached hydrogens (tertiary/aromatic N) is 2. The molecule has 1 saturated heterocycles. The third-order valence-electron chi connectivity index (χ3n) is 2.57. The molecule has 2 N–H and O–H groups in total. The molecule has 1 aromatic heterocycles. The van der Waals surface area contributed by atoms with Gasteiger partial charge in [-0.3, -0.25) is 4.90 Å². The number of H-pyrrole nitrogens is 1. The number of urea groups is 1. The van der Waals surface area contributed by atoms with Gasteiger partial charge in [-0.25, -0.2) is 9.78 Å². The monoisotopic (exact) mass is 202 g/mol. The van der Waals surface area contributed by atoms with Gasteiger partial charge in [0.1, 0.15) is 0 Å². The maximum atomic E-state index is 11.4. The molecule has 3 rings (SSSR count). The molecule has 1 fully saturated rings. The number of aromatic amines is 1. The van der Waals surface area contributed by atoms with E-state index in [-0.39, 0.29) is 6.03 Å². The number of imidazole rings is 1. The van der Waals surface area contributed by atoms with Gasteiger partial charge in [-0.15, -0.1) is 0 Å². The van der Waals surface area contributed by atoms with E-state index in [0.717, 1.165) is 23.3 Å². The molecule has 2 amide bonds. The van der Waals surface area contributed by atoms with Crippen molar-refractivity contribution >= 4 is 22.8 Å². The van der Waals surface area contributed by atoms with Crippen molar-refractivity contribution in [1.29, 1.82) is 0 Å². The van der Waals surface area contributed by atoms with Crippen molar-refractivity contribution in [2.24, 2.45) is 0 Å². The van der Waals surface area contributed by atoms with Gasteiger partial charge in [-0.2, -0.15) is 0 Å². The van der Waals surface area contributed by atoms with Crippen LogP contribution in [-0.2, 0) is 0 Å². The smallest absolute Gasteiger partial charge is 0.321 e. The Bertz CT molecular complexity index is 519. The first-order valence-electron chi connectivity index (χ1n) is 4.83. The SMILES string of the molecule is O=C1NCCN1c1ccc2nc[nH]c2c1. The Labute approximate surface area is 86.1 Å². The fraction of sp³-hybridized carbons (Fsp3) is 0.200. The van der Waals surface area contributed by atoms with Crippen LogP contribution in [-0.4, -0.2) is 29.1 Å². The van der Waals surface area contributed by atoms with Gasteiger partial charge in [0.25, 0.3) is 0 Å². The topological polar surface area (TPSA) is 61.0 Å². The molecule has 0 unspecified atom stereocenters. The van der Waals surface area contributed by atoms with Gasteiger partial charge in [0.2, 0.25) is 0 Å². The van der Waals surface area contributed by atoms with Crippen molar-refractivity contribution in [3.05, 3.63) is 24.5 Å². The van der Waals surface area contributed by atoms with Crippen LogP contribution in [0.2, 0.25) is 0 Å². The van der Waals surface area contributed by atoms with Crippen LogP contribution in [0.4, 0.5) is 10.5 Å². The average molecular weight is 202 g/mol. The molecule has 2 aromatic rings. The molecule has 5 nitrogen and oxygen atoms in total. The number of aromatic nitrogens is 2. The summed E-state index contributed by atoms with van der Waals surface area (Å²) in [6.45, 7) is 1.43. The maximum Gasteiger partial charge on any atom is 0.321 e. The van der Waals surface area contributed by atoms with E-state index in [4.69, 9.17) is 0 Å². The van der Waals surface area contributed by atoms with E-state index >= 15 is 0 Å². The van der Waals surface area contributed by atoms with Gasteiger partial charge in [0.15, 0.2) is 0 Å². The molecule has 1 aliphatic rings. The molecule has 2 heterocycles. The lowest BCUT2D eigenvalue weighted by Gasteiger charge is -2.13. The Hall–Kier alpha value is -2.04. The quantitative estimate of drug-likeness (QED) is 0.727. The fourth-order valence-electron chi connectivity index (χ4n) is 1.81. The van der Waals surface area contributed by atoms with Crippen molar-refractivity contribution in [3.8, 4) is 0 Å². The zero-order valence-corrected chi connectivity index (χ0v) is 8.03. The van der Waals surface area contributed by atoms with Gasteiger partial charge in [0.05, 0.1) is 17.4 Å². The normalized spacial score (nSPS) is 16.0. The molecule has 0 atom stereocenters. The first-order chi connectivity index (χ1) is 7.34. The second-order valence-corrected chi connectivity index (χ2v) is 3.49. The standard InChI is InChI=1S/C10H10N4O/c15-10-11-3-4-14(10)7-1-2-8-9(5-7)13-6-12-8/h1-2,5-6H,3-4H2,(H,11,15)(H,12,13). The van der Waals surface area contributed by atoms with E-state index < -0.39 is 0 Å². The second kappa shape index (κ2) is 2.98.